The first-order chi connectivity index (χ1) is 15.0. The lowest BCUT2D eigenvalue weighted by Gasteiger charge is -2.31. The van der Waals surface area contributed by atoms with Crippen LogP contribution in [-0.2, 0) is 16.1 Å². The standard InChI is InChI=1S/C24H30Cl2N2O2S/c1-3-5-14-27-24(30)22(4-2)28(17-18-11-12-20(25)21(26)16-18)23(29)13-15-31-19-9-7-6-8-10-19/h6-12,16,22H,3-5,13-15,17H2,1-2H3,(H,27,30)/t22-/m0/s1. The van der Waals surface area contributed by atoms with Crippen LogP contribution in [0.15, 0.2) is 53.4 Å². The van der Waals surface area contributed by atoms with Crippen LogP contribution in [0.25, 0.3) is 0 Å². The van der Waals surface area contributed by atoms with Gasteiger partial charge in [-0.2, -0.15) is 0 Å². The van der Waals surface area contributed by atoms with E-state index in [1.165, 1.54) is 0 Å². The fraction of sp³-hybridized carbons (Fsp3) is 0.417. The van der Waals surface area contributed by atoms with Gasteiger partial charge in [-0.05, 0) is 42.7 Å². The molecular formula is C24H30Cl2N2O2S. The first-order valence-corrected chi connectivity index (χ1v) is 12.4. The minimum atomic E-state index is -0.527. The molecule has 0 aliphatic rings. The number of unbranched alkanes of at least 4 members (excludes halogenated alkanes) is 1. The molecule has 2 rings (SSSR count). The van der Waals surface area contributed by atoms with Gasteiger partial charge in [-0.3, -0.25) is 9.59 Å². The van der Waals surface area contributed by atoms with Crippen molar-refractivity contribution in [3.8, 4) is 0 Å². The van der Waals surface area contributed by atoms with E-state index >= 15 is 0 Å². The lowest BCUT2D eigenvalue weighted by Crippen LogP contribution is -2.49. The van der Waals surface area contributed by atoms with Gasteiger partial charge in [-0.15, -0.1) is 11.8 Å². The zero-order valence-corrected chi connectivity index (χ0v) is 20.4. The van der Waals surface area contributed by atoms with Crippen LogP contribution in [0.3, 0.4) is 0 Å². The molecule has 1 atom stereocenters. The number of hydrogen-bond donors (Lipinski definition) is 1. The van der Waals surface area contributed by atoms with Gasteiger partial charge in [0.2, 0.25) is 11.8 Å². The molecule has 0 aliphatic heterocycles. The second-order valence-corrected chi connectivity index (χ2v) is 9.23. The molecule has 0 unspecified atom stereocenters. The SMILES string of the molecule is CCCCNC(=O)[C@H](CC)N(Cc1ccc(Cl)c(Cl)c1)C(=O)CCSc1ccccc1. The Labute approximate surface area is 199 Å². The van der Waals surface area contributed by atoms with E-state index in [9.17, 15) is 9.59 Å². The number of hydrogen-bond acceptors (Lipinski definition) is 3. The zero-order chi connectivity index (χ0) is 22.6. The minimum Gasteiger partial charge on any atom is -0.354 e. The van der Waals surface area contributed by atoms with Gasteiger partial charge >= 0.3 is 0 Å². The summed E-state index contributed by atoms with van der Waals surface area (Å²) in [4.78, 5) is 28.8. The van der Waals surface area contributed by atoms with Gasteiger partial charge in [-0.25, -0.2) is 0 Å². The Kier molecular flexibility index (Phi) is 11.3. The van der Waals surface area contributed by atoms with Gasteiger partial charge in [0.05, 0.1) is 10.0 Å². The molecule has 0 aromatic heterocycles. The topological polar surface area (TPSA) is 49.4 Å². The lowest BCUT2D eigenvalue weighted by molar-refractivity contribution is -0.141. The van der Waals surface area contributed by atoms with Gasteiger partial charge in [0.25, 0.3) is 0 Å². The molecule has 2 amide bonds. The van der Waals surface area contributed by atoms with Gasteiger partial charge in [0.1, 0.15) is 6.04 Å². The van der Waals surface area contributed by atoms with Crippen LogP contribution in [0.2, 0.25) is 10.0 Å². The number of halogens is 2. The molecule has 0 saturated heterocycles. The van der Waals surface area contributed by atoms with Crippen LogP contribution in [0.1, 0.15) is 45.1 Å². The molecule has 168 valence electrons. The van der Waals surface area contributed by atoms with Crippen LogP contribution in [0, 0.1) is 0 Å². The summed E-state index contributed by atoms with van der Waals surface area (Å²) in [5, 5.41) is 3.87. The van der Waals surface area contributed by atoms with Gasteiger partial charge in [-0.1, -0.05) is 67.7 Å². The Hall–Kier alpha value is -1.69. The number of thioether (sulfide) groups is 1. The Balaban J connectivity index is 2.13. The minimum absolute atomic E-state index is 0.0491. The Morgan fingerprint density at radius 3 is 2.45 bits per heavy atom. The molecule has 0 saturated carbocycles. The predicted molar refractivity (Wildman–Crippen MR) is 131 cm³/mol. The average Bonchev–Trinajstić information content (AvgIpc) is 2.77. The molecule has 0 heterocycles. The number of nitrogens with one attached hydrogen (secondary N) is 1. The Morgan fingerprint density at radius 1 is 1.06 bits per heavy atom. The molecule has 4 nitrogen and oxygen atoms in total. The molecule has 7 heteroatoms. The van der Waals surface area contributed by atoms with Crippen LogP contribution < -0.4 is 5.32 Å². The summed E-state index contributed by atoms with van der Waals surface area (Å²) in [5.74, 6) is 0.487. The van der Waals surface area contributed by atoms with Crippen LogP contribution in [0.4, 0.5) is 0 Å². The number of carbonyl (C=O) groups is 2. The second kappa shape index (κ2) is 13.7. The fourth-order valence-corrected chi connectivity index (χ4v) is 4.36. The summed E-state index contributed by atoms with van der Waals surface area (Å²) in [6.45, 7) is 4.93. The zero-order valence-electron chi connectivity index (χ0n) is 18.1. The number of carbonyl (C=O) groups excluding carboxylic acids is 2. The van der Waals surface area contributed by atoms with Crippen molar-refractivity contribution in [2.45, 2.75) is 57.0 Å². The molecule has 31 heavy (non-hydrogen) atoms. The number of rotatable bonds is 12. The predicted octanol–water partition coefficient (Wildman–Crippen LogP) is 6.20. The molecule has 0 bridgehead atoms. The largest absolute Gasteiger partial charge is 0.354 e. The van der Waals surface area contributed by atoms with Crippen LogP contribution in [-0.4, -0.2) is 35.1 Å². The van der Waals surface area contributed by atoms with Crippen molar-refractivity contribution in [1.82, 2.24) is 10.2 Å². The molecular weight excluding hydrogens is 451 g/mol. The molecule has 0 radical (unpaired) electrons. The highest BCUT2D eigenvalue weighted by atomic mass is 35.5. The Bertz CT molecular complexity index is 849. The highest BCUT2D eigenvalue weighted by Gasteiger charge is 2.28. The van der Waals surface area contributed by atoms with Crippen molar-refractivity contribution in [3.63, 3.8) is 0 Å². The summed E-state index contributed by atoms with van der Waals surface area (Å²) in [6, 6.07) is 14.8. The summed E-state index contributed by atoms with van der Waals surface area (Å²) >= 11 is 13.8. The number of nitrogens with zero attached hydrogens (tertiary/aromatic N) is 1. The van der Waals surface area contributed by atoms with Crippen molar-refractivity contribution in [3.05, 3.63) is 64.1 Å². The quantitative estimate of drug-likeness (QED) is 0.290. The molecule has 0 spiro atoms. The van der Waals surface area contributed by atoms with E-state index in [-0.39, 0.29) is 11.8 Å². The molecule has 1 N–H and O–H groups in total. The van der Waals surface area contributed by atoms with Crippen molar-refractivity contribution in [2.24, 2.45) is 0 Å². The third-order valence-corrected chi connectivity index (χ3v) is 6.63. The van der Waals surface area contributed by atoms with Crippen LogP contribution >= 0.6 is 35.0 Å². The molecule has 0 aliphatic carbocycles. The fourth-order valence-electron chi connectivity index (χ4n) is 3.18. The van der Waals surface area contributed by atoms with E-state index in [0.29, 0.717) is 41.7 Å². The summed E-state index contributed by atoms with van der Waals surface area (Å²) in [7, 11) is 0. The molecule has 0 fully saturated rings. The van der Waals surface area contributed by atoms with Crippen LogP contribution in [0.5, 0.6) is 0 Å². The van der Waals surface area contributed by atoms with Gasteiger partial charge in [0, 0.05) is 30.2 Å². The highest BCUT2D eigenvalue weighted by molar-refractivity contribution is 7.99. The first kappa shape index (κ1) is 25.6. The smallest absolute Gasteiger partial charge is 0.242 e. The number of amides is 2. The van der Waals surface area contributed by atoms with E-state index in [1.54, 1.807) is 28.8 Å². The Morgan fingerprint density at radius 2 is 1.81 bits per heavy atom. The monoisotopic (exact) mass is 480 g/mol. The van der Waals surface area contributed by atoms with Crippen molar-refractivity contribution < 1.29 is 9.59 Å². The third-order valence-electron chi connectivity index (χ3n) is 4.88. The van der Waals surface area contributed by atoms with E-state index in [2.05, 4.69) is 12.2 Å². The molecule has 2 aromatic rings. The van der Waals surface area contributed by atoms with E-state index in [1.807, 2.05) is 43.3 Å². The maximum Gasteiger partial charge on any atom is 0.242 e. The lowest BCUT2D eigenvalue weighted by atomic mass is 10.1. The van der Waals surface area contributed by atoms with Crippen molar-refractivity contribution in [1.29, 1.82) is 0 Å². The van der Waals surface area contributed by atoms with E-state index in [0.717, 1.165) is 23.3 Å². The molecule has 2 aromatic carbocycles. The summed E-state index contributed by atoms with van der Waals surface area (Å²) < 4.78 is 0. The highest BCUT2D eigenvalue weighted by Crippen LogP contribution is 2.25. The normalized spacial score (nSPS) is 11.7. The summed E-state index contributed by atoms with van der Waals surface area (Å²) in [5.41, 5.74) is 0.846. The van der Waals surface area contributed by atoms with Crippen molar-refractivity contribution >= 4 is 46.8 Å². The maximum atomic E-state index is 13.2. The second-order valence-electron chi connectivity index (χ2n) is 7.25. The van der Waals surface area contributed by atoms with Gasteiger partial charge < -0.3 is 10.2 Å². The average molecular weight is 481 g/mol. The summed E-state index contributed by atoms with van der Waals surface area (Å²) in [6.07, 6.45) is 2.80. The van der Waals surface area contributed by atoms with E-state index in [4.69, 9.17) is 23.2 Å². The first-order valence-electron chi connectivity index (χ1n) is 10.6. The van der Waals surface area contributed by atoms with Crippen molar-refractivity contribution in [2.75, 3.05) is 12.3 Å². The van der Waals surface area contributed by atoms with E-state index < -0.39 is 6.04 Å². The van der Waals surface area contributed by atoms with Gasteiger partial charge in [0.15, 0.2) is 0 Å². The third kappa shape index (κ3) is 8.40. The maximum absolute atomic E-state index is 13.2. The number of benzene rings is 2.